The summed E-state index contributed by atoms with van der Waals surface area (Å²) in [5, 5.41) is 13.0. The molecule has 0 amide bonds. The largest absolute Gasteiger partial charge is 0.395 e. The molecule has 1 heterocycles. The summed E-state index contributed by atoms with van der Waals surface area (Å²) in [5.74, 6) is 0.828. The maximum absolute atomic E-state index is 9.24. The smallest absolute Gasteiger partial charge is 0.126 e. The van der Waals surface area contributed by atoms with E-state index in [2.05, 4.69) is 15.2 Å². The molecular weight excluding hydrogens is 262 g/mol. The van der Waals surface area contributed by atoms with Crippen LogP contribution < -0.4 is 5.32 Å². The molecule has 0 radical (unpaired) electrons. The predicted molar refractivity (Wildman–Crippen MR) is 78.5 cm³/mol. The highest BCUT2D eigenvalue weighted by molar-refractivity contribution is 6.31. The van der Waals surface area contributed by atoms with Crippen LogP contribution in [0.4, 0.5) is 5.82 Å². The van der Waals surface area contributed by atoms with Gasteiger partial charge in [0.05, 0.1) is 17.3 Å². The van der Waals surface area contributed by atoms with Gasteiger partial charge in [-0.1, -0.05) is 24.4 Å². The van der Waals surface area contributed by atoms with Crippen LogP contribution in [0, 0.1) is 0 Å². The van der Waals surface area contributed by atoms with Crippen LogP contribution in [-0.2, 0) is 6.54 Å². The summed E-state index contributed by atoms with van der Waals surface area (Å²) in [7, 11) is 1.85. The van der Waals surface area contributed by atoms with Crippen LogP contribution in [0.3, 0.4) is 0 Å². The van der Waals surface area contributed by atoms with E-state index in [1.807, 2.05) is 19.2 Å². The SMILES string of the molecule is CNc1ccc(Cl)c(CN(CCO)C2CCCC2)n1. The first-order valence-corrected chi connectivity index (χ1v) is 7.30. The minimum absolute atomic E-state index is 0.180. The number of rotatable bonds is 6. The average molecular weight is 284 g/mol. The van der Waals surface area contributed by atoms with Crippen molar-refractivity contribution in [3.05, 3.63) is 22.8 Å². The molecular formula is C14H22ClN3O. The zero-order chi connectivity index (χ0) is 13.7. The number of nitrogens with zero attached hydrogens (tertiary/aromatic N) is 2. The van der Waals surface area contributed by atoms with Crippen molar-refractivity contribution in [3.8, 4) is 0 Å². The predicted octanol–water partition coefficient (Wildman–Crippen LogP) is 2.51. The van der Waals surface area contributed by atoms with Crippen LogP contribution in [-0.4, -0.2) is 41.2 Å². The van der Waals surface area contributed by atoms with Gasteiger partial charge in [0.25, 0.3) is 0 Å². The van der Waals surface area contributed by atoms with Gasteiger partial charge in [-0.15, -0.1) is 0 Å². The highest BCUT2D eigenvalue weighted by atomic mass is 35.5. The Morgan fingerprint density at radius 3 is 2.79 bits per heavy atom. The molecule has 1 saturated carbocycles. The van der Waals surface area contributed by atoms with Crippen molar-refractivity contribution in [2.24, 2.45) is 0 Å². The number of nitrogens with one attached hydrogen (secondary N) is 1. The summed E-state index contributed by atoms with van der Waals surface area (Å²) in [6.07, 6.45) is 4.99. The van der Waals surface area contributed by atoms with Crippen molar-refractivity contribution < 1.29 is 5.11 Å². The molecule has 1 aliphatic rings. The Hall–Kier alpha value is -0.840. The molecule has 106 valence electrons. The summed E-state index contributed by atoms with van der Waals surface area (Å²) in [6.45, 7) is 1.58. The van der Waals surface area contributed by atoms with Crippen molar-refractivity contribution in [2.45, 2.75) is 38.3 Å². The second-order valence-corrected chi connectivity index (χ2v) is 5.41. The molecule has 0 aromatic carbocycles. The number of aliphatic hydroxyl groups excluding tert-OH is 1. The molecule has 5 heteroatoms. The fourth-order valence-corrected chi connectivity index (χ4v) is 2.88. The number of anilines is 1. The van der Waals surface area contributed by atoms with Gasteiger partial charge in [0.1, 0.15) is 5.82 Å². The highest BCUT2D eigenvalue weighted by Gasteiger charge is 2.23. The molecule has 1 aromatic rings. The molecule has 0 bridgehead atoms. The van der Waals surface area contributed by atoms with Gasteiger partial charge in [-0.25, -0.2) is 4.98 Å². The zero-order valence-corrected chi connectivity index (χ0v) is 12.2. The molecule has 2 rings (SSSR count). The quantitative estimate of drug-likeness (QED) is 0.842. The van der Waals surface area contributed by atoms with Gasteiger partial charge in [0.2, 0.25) is 0 Å². The summed E-state index contributed by atoms with van der Waals surface area (Å²) >= 11 is 6.22. The van der Waals surface area contributed by atoms with Crippen molar-refractivity contribution in [2.75, 3.05) is 25.5 Å². The van der Waals surface area contributed by atoms with Crippen LogP contribution in [0.2, 0.25) is 5.02 Å². The van der Waals surface area contributed by atoms with Crippen LogP contribution in [0.25, 0.3) is 0 Å². The van der Waals surface area contributed by atoms with Gasteiger partial charge >= 0.3 is 0 Å². The normalized spacial score (nSPS) is 16.2. The van der Waals surface area contributed by atoms with Gasteiger partial charge in [-0.05, 0) is 25.0 Å². The summed E-state index contributed by atoms with van der Waals surface area (Å²) < 4.78 is 0. The van der Waals surface area contributed by atoms with Gasteiger partial charge in [0, 0.05) is 26.2 Å². The van der Waals surface area contributed by atoms with Gasteiger partial charge < -0.3 is 10.4 Å². The Morgan fingerprint density at radius 1 is 1.42 bits per heavy atom. The molecule has 0 aliphatic heterocycles. The number of pyridine rings is 1. The molecule has 1 aromatic heterocycles. The topological polar surface area (TPSA) is 48.4 Å². The van der Waals surface area contributed by atoms with E-state index in [9.17, 15) is 5.11 Å². The average Bonchev–Trinajstić information content (AvgIpc) is 2.94. The number of aromatic nitrogens is 1. The molecule has 4 nitrogen and oxygen atoms in total. The van der Waals surface area contributed by atoms with E-state index in [4.69, 9.17) is 11.6 Å². The van der Waals surface area contributed by atoms with E-state index >= 15 is 0 Å². The minimum Gasteiger partial charge on any atom is -0.395 e. The van der Waals surface area contributed by atoms with Crippen LogP contribution in [0.15, 0.2) is 12.1 Å². The van der Waals surface area contributed by atoms with E-state index < -0.39 is 0 Å². The van der Waals surface area contributed by atoms with Crippen molar-refractivity contribution in [3.63, 3.8) is 0 Å². The Bertz CT molecular complexity index is 408. The molecule has 1 fully saturated rings. The Balaban J connectivity index is 2.11. The van der Waals surface area contributed by atoms with E-state index in [0.717, 1.165) is 11.5 Å². The standard InChI is InChI=1S/C14H22ClN3O/c1-16-14-7-6-12(15)13(17-14)10-18(8-9-19)11-4-2-3-5-11/h6-7,11,19H,2-5,8-10H2,1H3,(H,16,17). The number of aliphatic hydroxyl groups is 1. The number of halogens is 1. The van der Waals surface area contributed by atoms with Crippen LogP contribution in [0.5, 0.6) is 0 Å². The third kappa shape index (κ3) is 3.81. The first kappa shape index (κ1) is 14.6. The maximum Gasteiger partial charge on any atom is 0.126 e. The Labute approximate surface area is 119 Å². The summed E-state index contributed by atoms with van der Waals surface area (Å²) in [4.78, 5) is 6.82. The second-order valence-electron chi connectivity index (χ2n) is 5.01. The van der Waals surface area contributed by atoms with E-state index in [0.29, 0.717) is 24.2 Å². The van der Waals surface area contributed by atoms with E-state index in [-0.39, 0.29) is 6.61 Å². The van der Waals surface area contributed by atoms with Gasteiger partial charge in [-0.2, -0.15) is 0 Å². The van der Waals surface area contributed by atoms with Crippen molar-refractivity contribution in [1.29, 1.82) is 0 Å². The first-order valence-electron chi connectivity index (χ1n) is 6.92. The van der Waals surface area contributed by atoms with Crippen molar-refractivity contribution >= 4 is 17.4 Å². The lowest BCUT2D eigenvalue weighted by Gasteiger charge is -2.28. The van der Waals surface area contributed by atoms with Gasteiger partial charge in [-0.3, -0.25) is 4.90 Å². The molecule has 0 unspecified atom stereocenters. The van der Waals surface area contributed by atoms with E-state index in [1.165, 1.54) is 25.7 Å². The summed E-state index contributed by atoms with van der Waals surface area (Å²) in [6, 6.07) is 4.31. The Kier molecular flexibility index (Phi) is 5.43. The minimum atomic E-state index is 0.180. The molecule has 0 spiro atoms. The fraction of sp³-hybridized carbons (Fsp3) is 0.643. The third-order valence-electron chi connectivity index (χ3n) is 3.76. The second kappa shape index (κ2) is 7.08. The fourth-order valence-electron chi connectivity index (χ4n) is 2.72. The third-order valence-corrected chi connectivity index (χ3v) is 4.10. The zero-order valence-electron chi connectivity index (χ0n) is 11.4. The maximum atomic E-state index is 9.24. The lowest BCUT2D eigenvalue weighted by Crippen LogP contribution is -2.35. The van der Waals surface area contributed by atoms with E-state index in [1.54, 1.807) is 0 Å². The number of hydrogen-bond acceptors (Lipinski definition) is 4. The summed E-state index contributed by atoms with van der Waals surface area (Å²) in [5.41, 5.74) is 0.883. The lowest BCUT2D eigenvalue weighted by molar-refractivity contribution is 0.143. The lowest BCUT2D eigenvalue weighted by atomic mass is 10.2. The van der Waals surface area contributed by atoms with Crippen LogP contribution >= 0.6 is 11.6 Å². The molecule has 2 N–H and O–H groups in total. The molecule has 1 aliphatic carbocycles. The molecule has 19 heavy (non-hydrogen) atoms. The molecule has 0 atom stereocenters. The van der Waals surface area contributed by atoms with Crippen LogP contribution in [0.1, 0.15) is 31.4 Å². The first-order chi connectivity index (χ1) is 9.24. The number of hydrogen-bond donors (Lipinski definition) is 2. The van der Waals surface area contributed by atoms with Crippen molar-refractivity contribution in [1.82, 2.24) is 9.88 Å². The monoisotopic (exact) mass is 283 g/mol. The highest BCUT2D eigenvalue weighted by Crippen LogP contribution is 2.26. The molecule has 0 saturated heterocycles. The van der Waals surface area contributed by atoms with Gasteiger partial charge in [0.15, 0.2) is 0 Å². The Morgan fingerprint density at radius 2 is 2.16 bits per heavy atom.